The second-order valence-corrected chi connectivity index (χ2v) is 5.37. The smallest absolute Gasteiger partial charge is 0.238 e. The summed E-state index contributed by atoms with van der Waals surface area (Å²) in [5, 5.41) is 6.71. The van der Waals surface area contributed by atoms with Crippen molar-refractivity contribution < 1.29 is 9.53 Å². The van der Waals surface area contributed by atoms with Gasteiger partial charge in [0.1, 0.15) is 5.75 Å². The normalized spacial score (nSPS) is 11.8. The number of halogens is 1. The molecule has 22 heavy (non-hydrogen) atoms. The number of hydrogen-bond acceptors (Lipinski definition) is 3. The molecule has 0 saturated heterocycles. The van der Waals surface area contributed by atoms with E-state index in [4.69, 9.17) is 16.3 Å². The minimum absolute atomic E-state index is 0.0633. The molecule has 1 amide bonds. The summed E-state index contributed by atoms with van der Waals surface area (Å²) in [6.07, 6.45) is 0. The van der Waals surface area contributed by atoms with Crippen molar-refractivity contribution in [2.45, 2.75) is 13.0 Å². The maximum atomic E-state index is 12.0. The molecule has 0 aliphatic rings. The van der Waals surface area contributed by atoms with Crippen LogP contribution in [0.15, 0.2) is 48.5 Å². The van der Waals surface area contributed by atoms with Crippen LogP contribution in [0.2, 0.25) is 5.02 Å². The Morgan fingerprint density at radius 2 is 1.95 bits per heavy atom. The van der Waals surface area contributed by atoms with Gasteiger partial charge in [0.25, 0.3) is 0 Å². The second kappa shape index (κ2) is 7.82. The van der Waals surface area contributed by atoms with Gasteiger partial charge in [-0.2, -0.15) is 0 Å². The van der Waals surface area contributed by atoms with Crippen LogP contribution < -0.4 is 15.4 Å². The highest BCUT2D eigenvalue weighted by atomic mass is 35.5. The van der Waals surface area contributed by atoms with Gasteiger partial charge >= 0.3 is 0 Å². The Morgan fingerprint density at radius 3 is 2.64 bits per heavy atom. The summed E-state index contributed by atoms with van der Waals surface area (Å²) in [4.78, 5) is 12.0. The third kappa shape index (κ3) is 4.76. The molecule has 0 unspecified atom stereocenters. The van der Waals surface area contributed by atoms with Crippen LogP contribution in [-0.2, 0) is 4.79 Å². The molecule has 0 fully saturated rings. The van der Waals surface area contributed by atoms with E-state index in [9.17, 15) is 4.79 Å². The van der Waals surface area contributed by atoms with Crippen LogP contribution in [0.1, 0.15) is 18.5 Å². The standard InChI is InChI=1S/C17H19ClN2O2/c1-12(13-6-8-14(18)9-7-13)19-11-17(21)20-15-4-3-5-16(10-15)22-2/h3-10,12,19H,11H2,1-2H3,(H,20,21)/t12-/m1/s1. The molecule has 5 heteroatoms. The quantitative estimate of drug-likeness (QED) is 0.855. The Bertz CT molecular complexity index is 629. The van der Waals surface area contributed by atoms with Gasteiger partial charge in [-0.15, -0.1) is 0 Å². The lowest BCUT2D eigenvalue weighted by Gasteiger charge is -2.14. The number of carbonyl (C=O) groups excluding carboxylic acids is 1. The molecule has 0 bridgehead atoms. The maximum Gasteiger partial charge on any atom is 0.238 e. The molecule has 0 radical (unpaired) electrons. The number of anilines is 1. The number of carbonyl (C=O) groups is 1. The third-order valence-corrected chi connectivity index (χ3v) is 3.54. The van der Waals surface area contributed by atoms with Crippen molar-refractivity contribution >= 4 is 23.2 Å². The number of benzene rings is 2. The Labute approximate surface area is 135 Å². The molecule has 0 saturated carbocycles. The monoisotopic (exact) mass is 318 g/mol. The Kier molecular flexibility index (Phi) is 5.81. The average molecular weight is 319 g/mol. The molecule has 4 nitrogen and oxygen atoms in total. The first-order valence-corrected chi connectivity index (χ1v) is 7.39. The fraction of sp³-hybridized carbons (Fsp3) is 0.235. The molecule has 0 heterocycles. The molecule has 0 aliphatic carbocycles. The first-order valence-electron chi connectivity index (χ1n) is 7.01. The summed E-state index contributed by atoms with van der Waals surface area (Å²) in [5.74, 6) is 0.606. The zero-order valence-electron chi connectivity index (χ0n) is 12.6. The Hall–Kier alpha value is -2.04. The highest BCUT2D eigenvalue weighted by Crippen LogP contribution is 2.17. The van der Waals surface area contributed by atoms with E-state index in [0.29, 0.717) is 16.5 Å². The van der Waals surface area contributed by atoms with Crippen LogP contribution in [0.4, 0.5) is 5.69 Å². The highest BCUT2D eigenvalue weighted by Gasteiger charge is 2.08. The Morgan fingerprint density at radius 1 is 1.23 bits per heavy atom. The number of hydrogen-bond donors (Lipinski definition) is 2. The number of ether oxygens (including phenoxy) is 1. The third-order valence-electron chi connectivity index (χ3n) is 3.29. The predicted octanol–water partition coefficient (Wildman–Crippen LogP) is 3.64. The first-order chi connectivity index (χ1) is 10.6. The zero-order valence-corrected chi connectivity index (χ0v) is 13.4. The van der Waals surface area contributed by atoms with Crippen molar-refractivity contribution in [1.82, 2.24) is 5.32 Å². The molecule has 2 aromatic rings. The molecule has 0 aliphatic heterocycles. The van der Waals surface area contributed by atoms with E-state index in [1.807, 2.05) is 49.4 Å². The van der Waals surface area contributed by atoms with Gasteiger partial charge in [-0.25, -0.2) is 0 Å². The number of nitrogens with one attached hydrogen (secondary N) is 2. The largest absolute Gasteiger partial charge is 0.497 e. The average Bonchev–Trinajstić information content (AvgIpc) is 2.53. The summed E-state index contributed by atoms with van der Waals surface area (Å²) in [7, 11) is 1.59. The lowest BCUT2D eigenvalue weighted by Crippen LogP contribution is -2.30. The summed E-state index contributed by atoms with van der Waals surface area (Å²) >= 11 is 5.86. The van der Waals surface area contributed by atoms with E-state index in [2.05, 4.69) is 10.6 Å². The molecule has 2 aromatic carbocycles. The molecule has 0 spiro atoms. The van der Waals surface area contributed by atoms with Gasteiger partial charge in [0.05, 0.1) is 13.7 Å². The lowest BCUT2D eigenvalue weighted by molar-refractivity contribution is -0.115. The fourth-order valence-electron chi connectivity index (χ4n) is 2.02. The second-order valence-electron chi connectivity index (χ2n) is 4.93. The van der Waals surface area contributed by atoms with Crippen LogP contribution in [0.5, 0.6) is 5.75 Å². The van der Waals surface area contributed by atoms with Crippen LogP contribution >= 0.6 is 11.6 Å². The van der Waals surface area contributed by atoms with E-state index in [1.54, 1.807) is 13.2 Å². The number of rotatable bonds is 6. The van der Waals surface area contributed by atoms with Crippen LogP contribution in [0.25, 0.3) is 0 Å². The summed E-state index contributed by atoms with van der Waals surface area (Å²) in [5.41, 5.74) is 1.80. The minimum atomic E-state index is -0.103. The summed E-state index contributed by atoms with van der Waals surface area (Å²) in [6, 6.07) is 14.9. The summed E-state index contributed by atoms with van der Waals surface area (Å²) in [6.45, 7) is 2.23. The van der Waals surface area contributed by atoms with E-state index < -0.39 is 0 Å². The van der Waals surface area contributed by atoms with Crippen molar-refractivity contribution in [2.24, 2.45) is 0 Å². The van der Waals surface area contributed by atoms with Crippen molar-refractivity contribution in [3.8, 4) is 5.75 Å². The van der Waals surface area contributed by atoms with Crippen LogP contribution in [-0.4, -0.2) is 19.6 Å². The van der Waals surface area contributed by atoms with Crippen LogP contribution in [0.3, 0.4) is 0 Å². The fourth-order valence-corrected chi connectivity index (χ4v) is 2.15. The SMILES string of the molecule is COc1cccc(NC(=O)CN[C@H](C)c2ccc(Cl)cc2)c1. The topological polar surface area (TPSA) is 50.4 Å². The lowest BCUT2D eigenvalue weighted by atomic mass is 10.1. The van der Waals surface area contributed by atoms with E-state index >= 15 is 0 Å². The van der Waals surface area contributed by atoms with Gasteiger partial charge in [-0.05, 0) is 36.8 Å². The van der Waals surface area contributed by atoms with Crippen molar-refractivity contribution in [2.75, 3.05) is 19.0 Å². The van der Waals surface area contributed by atoms with Gasteiger partial charge in [0.15, 0.2) is 0 Å². The molecular formula is C17H19ClN2O2. The molecule has 116 valence electrons. The van der Waals surface area contributed by atoms with E-state index in [1.165, 1.54) is 0 Å². The van der Waals surface area contributed by atoms with Crippen molar-refractivity contribution in [3.63, 3.8) is 0 Å². The zero-order chi connectivity index (χ0) is 15.9. The van der Waals surface area contributed by atoms with E-state index in [-0.39, 0.29) is 18.5 Å². The predicted molar refractivity (Wildman–Crippen MR) is 89.5 cm³/mol. The van der Waals surface area contributed by atoms with Gasteiger partial charge < -0.3 is 15.4 Å². The van der Waals surface area contributed by atoms with E-state index in [0.717, 1.165) is 5.56 Å². The van der Waals surface area contributed by atoms with Gasteiger partial charge in [0, 0.05) is 22.8 Å². The Balaban J connectivity index is 1.85. The van der Waals surface area contributed by atoms with Crippen molar-refractivity contribution in [1.29, 1.82) is 0 Å². The molecule has 2 N–H and O–H groups in total. The maximum absolute atomic E-state index is 12.0. The van der Waals surface area contributed by atoms with Crippen molar-refractivity contribution in [3.05, 3.63) is 59.1 Å². The molecule has 1 atom stereocenters. The number of amides is 1. The molecular weight excluding hydrogens is 300 g/mol. The number of methoxy groups -OCH3 is 1. The summed E-state index contributed by atoms with van der Waals surface area (Å²) < 4.78 is 5.12. The van der Waals surface area contributed by atoms with Gasteiger partial charge in [-0.1, -0.05) is 29.8 Å². The minimum Gasteiger partial charge on any atom is -0.497 e. The highest BCUT2D eigenvalue weighted by molar-refractivity contribution is 6.30. The van der Waals surface area contributed by atoms with Crippen LogP contribution in [0, 0.1) is 0 Å². The first kappa shape index (κ1) is 16.3. The molecule has 0 aromatic heterocycles. The van der Waals surface area contributed by atoms with Gasteiger partial charge in [0.2, 0.25) is 5.91 Å². The molecule has 2 rings (SSSR count). The van der Waals surface area contributed by atoms with Gasteiger partial charge in [-0.3, -0.25) is 4.79 Å².